The lowest BCUT2D eigenvalue weighted by molar-refractivity contribution is -0.138. The molecule has 7 nitrogen and oxygen atoms in total. The zero-order valence-corrected chi connectivity index (χ0v) is 18.6. The van der Waals surface area contributed by atoms with E-state index in [1.165, 1.54) is 22.5 Å². The Morgan fingerprint density at radius 3 is 2.28 bits per heavy atom. The van der Waals surface area contributed by atoms with E-state index in [1.54, 1.807) is 31.7 Å². The third-order valence-electron chi connectivity index (χ3n) is 5.28. The number of carboxylic acids is 1. The Morgan fingerprint density at radius 2 is 1.78 bits per heavy atom. The number of carboxylic acid groups (broad SMARTS) is 1. The fourth-order valence-electron chi connectivity index (χ4n) is 4.08. The summed E-state index contributed by atoms with van der Waals surface area (Å²) < 4.78 is 66.6. The molecule has 0 radical (unpaired) electrons. The van der Waals surface area contributed by atoms with Crippen LogP contribution in [-0.4, -0.2) is 54.0 Å². The number of aryl methyl sites for hydroxylation is 1. The van der Waals surface area contributed by atoms with E-state index in [9.17, 15) is 26.4 Å². The van der Waals surface area contributed by atoms with Crippen LogP contribution in [0, 0.1) is 6.92 Å². The highest BCUT2D eigenvalue weighted by molar-refractivity contribution is 7.89. The monoisotopic (exact) mass is 471 g/mol. The van der Waals surface area contributed by atoms with Crippen molar-refractivity contribution in [2.75, 3.05) is 18.0 Å². The average Bonchev–Trinajstić information content (AvgIpc) is 2.65. The molecule has 1 aromatic carbocycles. The lowest BCUT2D eigenvalue weighted by atomic mass is 10.1. The number of hydrogen-bond donors (Lipinski definition) is 1. The van der Waals surface area contributed by atoms with E-state index in [2.05, 4.69) is 4.98 Å². The molecule has 3 rings (SSSR count). The van der Waals surface area contributed by atoms with E-state index in [-0.39, 0.29) is 24.4 Å². The molecule has 0 aliphatic carbocycles. The minimum atomic E-state index is -4.48. The van der Waals surface area contributed by atoms with Crippen LogP contribution < -0.4 is 4.90 Å². The minimum absolute atomic E-state index is 0.0218. The lowest BCUT2D eigenvalue weighted by Gasteiger charge is -2.43. The largest absolute Gasteiger partial charge is 0.481 e. The molecule has 2 atom stereocenters. The summed E-state index contributed by atoms with van der Waals surface area (Å²) in [5.74, 6) is -0.716. The second-order valence-electron chi connectivity index (χ2n) is 8.07. The molecule has 1 fully saturated rings. The standard InChI is InChI=1S/C21H24F3N3O4S/c1-13-6-16(9-20(28)29)8-18(7-13)32(30,31)27-14(2)11-26(12-15(27)3)19-5-4-17(10-25-19)21(22,23)24/h4-8,10,14-15H,9,11-12H2,1-3H3,(H,28,29). The second kappa shape index (κ2) is 8.70. The smallest absolute Gasteiger partial charge is 0.417 e. The van der Waals surface area contributed by atoms with Crippen molar-refractivity contribution < 1.29 is 31.5 Å². The topological polar surface area (TPSA) is 90.8 Å². The van der Waals surface area contributed by atoms with Crippen molar-refractivity contribution in [1.29, 1.82) is 0 Å². The summed E-state index contributed by atoms with van der Waals surface area (Å²) in [6.45, 7) is 5.63. The number of sulfonamides is 1. The molecule has 174 valence electrons. The average molecular weight is 472 g/mol. The van der Waals surface area contributed by atoms with E-state index >= 15 is 0 Å². The van der Waals surface area contributed by atoms with Gasteiger partial charge in [0, 0.05) is 31.4 Å². The molecule has 0 amide bonds. The van der Waals surface area contributed by atoms with Crippen LogP contribution in [0.5, 0.6) is 0 Å². The maximum atomic E-state index is 13.4. The van der Waals surface area contributed by atoms with Gasteiger partial charge in [-0.25, -0.2) is 13.4 Å². The lowest BCUT2D eigenvalue weighted by Crippen LogP contribution is -2.58. The summed E-state index contributed by atoms with van der Waals surface area (Å²) in [5.41, 5.74) is 0.180. The summed E-state index contributed by atoms with van der Waals surface area (Å²) in [6.07, 6.45) is -4.00. The Morgan fingerprint density at radius 1 is 1.16 bits per heavy atom. The number of alkyl halides is 3. The van der Waals surface area contributed by atoms with Gasteiger partial charge in [0.25, 0.3) is 0 Å². The molecule has 1 saturated heterocycles. The van der Waals surface area contributed by atoms with Crippen LogP contribution in [0.25, 0.3) is 0 Å². The van der Waals surface area contributed by atoms with E-state index in [0.717, 1.165) is 12.3 Å². The third kappa shape index (κ3) is 5.04. The molecule has 0 saturated carbocycles. The number of aliphatic carboxylic acids is 1. The van der Waals surface area contributed by atoms with Crippen LogP contribution in [-0.2, 0) is 27.4 Å². The Bertz CT molecular complexity index is 1090. The summed E-state index contributed by atoms with van der Waals surface area (Å²) in [7, 11) is -3.93. The molecule has 1 N–H and O–H groups in total. The normalized spacial score (nSPS) is 20.4. The molecule has 2 aromatic rings. The van der Waals surface area contributed by atoms with Gasteiger partial charge in [-0.3, -0.25) is 4.79 Å². The molecule has 1 aliphatic rings. The van der Waals surface area contributed by atoms with Crippen molar-refractivity contribution in [2.24, 2.45) is 0 Å². The van der Waals surface area contributed by atoms with E-state index in [4.69, 9.17) is 5.11 Å². The van der Waals surface area contributed by atoms with Gasteiger partial charge in [0.1, 0.15) is 5.82 Å². The van der Waals surface area contributed by atoms with Gasteiger partial charge in [0.15, 0.2) is 0 Å². The molecule has 2 heterocycles. The highest BCUT2D eigenvalue weighted by Crippen LogP contribution is 2.31. The van der Waals surface area contributed by atoms with Crippen molar-refractivity contribution in [2.45, 2.75) is 50.3 Å². The van der Waals surface area contributed by atoms with E-state index < -0.39 is 39.8 Å². The molecule has 2 unspecified atom stereocenters. The quantitative estimate of drug-likeness (QED) is 0.720. The molecule has 0 bridgehead atoms. The van der Waals surface area contributed by atoms with E-state index in [0.29, 0.717) is 16.9 Å². The maximum absolute atomic E-state index is 13.4. The number of hydrogen-bond acceptors (Lipinski definition) is 5. The highest BCUT2D eigenvalue weighted by Gasteiger charge is 2.39. The van der Waals surface area contributed by atoms with Crippen LogP contribution in [0.3, 0.4) is 0 Å². The Balaban J connectivity index is 1.85. The van der Waals surface area contributed by atoms with Crippen LogP contribution in [0.2, 0.25) is 0 Å². The van der Waals surface area contributed by atoms with Crippen molar-refractivity contribution >= 4 is 21.8 Å². The van der Waals surface area contributed by atoms with Gasteiger partial charge < -0.3 is 10.0 Å². The van der Waals surface area contributed by atoms with Gasteiger partial charge >= 0.3 is 12.1 Å². The molecular formula is C21H24F3N3O4S. The summed E-state index contributed by atoms with van der Waals surface area (Å²) in [6, 6.07) is 5.77. The van der Waals surface area contributed by atoms with Crippen molar-refractivity contribution in [1.82, 2.24) is 9.29 Å². The van der Waals surface area contributed by atoms with Gasteiger partial charge in [-0.2, -0.15) is 17.5 Å². The Hall–Kier alpha value is -2.66. The SMILES string of the molecule is Cc1cc(CC(=O)O)cc(S(=O)(=O)N2C(C)CN(c3ccc(C(F)(F)F)cn3)CC2C)c1. The van der Waals surface area contributed by atoms with Crippen LogP contribution >= 0.6 is 0 Å². The minimum Gasteiger partial charge on any atom is -0.481 e. The molecule has 1 aromatic heterocycles. The van der Waals surface area contributed by atoms with Gasteiger partial charge in [0.2, 0.25) is 10.0 Å². The van der Waals surface area contributed by atoms with E-state index in [1.807, 2.05) is 0 Å². The Kier molecular flexibility index (Phi) is 6.52. The van der Waals surface area contributed by atoms with Crippen molar-refractivity contribution in [3.05, 3.63) is 53.2 Å². The molecule has 11 heteroatoms. The maximum Gasteiger partial charge on any atom is 0.417 e. The second-order valence-corrected chi connectivity index (χ2v) is 9.91. The number of benzene rings is 1. The number of halogens is 3. The fourth-order valence-corrected chi connectivity index (χ4v) is 6.04. The highest BCUT2D eigenvalue weighted by atomic mass is 32.2. The van der Waals surface area contributed by atoms with Gasteiger partial charge in [-0.15, -0.1) is 0 Å². The molecule has 0 spiro atoms. The number of anilines is 1. The van der Waals surface area contributed by atoms with Gasteiger partial charge in [-0.1, -0.05) is 6.07 Å². The van der Waals surface area contributed by atoms with Crippen LogP contribution in [0.15, 0.2) is 41.4 Å². The fraction of sp³-hybridized carbons (Fsp3) is 0.429. The zero-order valence-electron chi connectivity index (χ0n) is 17.8. The summed E-state index contributed by atoms with van der Waals surface area (Å²) in [5, 5.41) is 9.05. The third-order valence-corrected chi connectivity index (χ3v) is 7.38. The van der Waals surface area contributed by atoms with Crippen LogP contribution in [0.4, 0.5) is 19.0 Å². The van der Waals surface area contributed by atoms with Crippen LogP contribution in [0.1, 0.15) is 30.5 Å². The first-order valence-electron chi connectivity index (χ1n) is 9.93. The number of aromatic nitrogens is 1. The molecule has 32 heavy (non-hydrogen) atoms. The number of carbonyl (C=O) groups is 1. The zero-order chi connectivity index (χ0) is 23.8. The first-order chi connectivity index (χ1) is 14.8. The van der Waals surface area contributed by atoms with Crippen molar-refractivity contribution in [3.8, 4) is 0 Å². The number of pyridine rings is 1. The number of nitrogens with zero attached hydrogens (tertiary/aromatic N) is 3. The van der Waals surface area contributed by atoms with Crippen molar-refractivity contribution in [3.63, 3.8) is 0 Å². The molecule has 1 aliphatic heterocycles. The number of rotatable bonds is 5. The number of piperazine rings is 1. The first kappa shape index (κ1) is 24.0. The Labute approximate surface area is 184 Å². The summed E-state index contributed by atoms with van der Waals surface area (Å²) >= 11 is 0. The first-order valence-corrected chi connectivity index (χ1v) is 11.4. The summed E-state index contributed by atoms with van der Waals surface area (Å²) in [4.78, 5) is 16.8. The van der Waals surface area contributed by atoms with Gasteiger partial charge in [0.05, 0.1) is 16.9 Å². The van der Waals surface area contributed by atoms with Gasteiger partial charge in [-0.05, 0) is 56.2 Å². The molecular weight excluding hydrogens is 447 g/mol. The predicted molar refractivity (Wildman–Crippen MR) is 112 cm³/mol. The predicted octanol–water partition coefficient (Wildman–Crippen LogP) is 3.32.